The highest BCUT2D eigenvalue weighted by Gasteiger charge is 2.22. The molecule has 0 saturated carbocycles. The molecule has 0 aliphatic rings. The molecule has 8 nitrogen and oxygen atoms in total. The van der Waals surface area contributed by atoms with E-state index in [1.165, 1.54) is 57.8 Å². The predicted molar refractivity (Wildman–Crippen MR) is 193 cm³/mol. The van der Waals surface area contributed by atoms with Crippen molar-refractivity contribution in [1.82, 2.24) is 0 Å². The molecule has 0 bridgehead atoms. The van der Waals surface area contributed by atoms with Crippen molar-refractivity contribution >= 4 is 19.8 Å². The lowest BCUT2D eigenvalue weighted by atomic mass is 10.0. The van der Waals surface area contributed by atoms with Gasteiger partial charge in [0.1, 0.15) is 6.61 Å². The molecule has 47 heavy (non-hydrogen) atoms. The molecule has 0 rings (SSSR count). The summed E-state index contributed by atoms with van der Waals surface area (Å²) >= 11 is 0. The predicted octanol–water partition coefficient (Wildman–Crippen LogP) is 10.6. The third kappa shape index (κ3) is 36.4. The summed E-state index contributed by atoms with van der Waals surface area (Å²) in [6.45, 7) is 3.50. The normalized spacial score (nSPS) is 13.2. The minimum absolute atomic E-state index is 0.132. The van der Waals surface area contributed by atoms with Gasteiger partial charge in [0.2, 0.25) is 0 Å². The molecule has 1 atom stereocenters. The van der Waals surface area contributed by atoms with Crippen molar-refractivity contribution < 1.29 is 37.9 Å². The Morgan fingerprint density at radius 1 is 0.574 bits per heavy atom. The smallest absolute Gasteiger partial charge is 0.462 e. The molecule has 0 spiro atoms. The molecule has 0 aliphatic heterocycles. The molecule has 0 aromatic heterocycles. The molecule has 2 N–H and O–H groups in total. The number of esters is 2. The molecular weight excluding hydrogens is 615 g/mol. The standard InChI is InChI=1S/C38H65O8P/c1-3-5-7-9-11-13-15-17-18-19-20-21-23-25-27-29-31-33-38(40)46-36(35-45-47(41,42)43)34-44-37(39)32-30-28-26-24-22-16-14-12-10-8-6-4-2/h5,7,11,13,17-18,20-21,25,27,36H,3-4,6,8-10,12,14-16,19,22-24,26,28-35H2,1-2H3,(H2,41,42,43)/b7-5-,13-11-,18-17-,21-20-,27-25-. The van der Waals surface area contributed by atoms with Crippen LogP contribution in [0.4, 0.5) is 0 Å². The summed E-state index contributed by atoms with van der Waals surface area (Å²) < 4.78 is 26.2. The van der Waals surface area contributed by atoms with E-state index in [0.717, 1.165) is 51.4 Å². The Morgan fingerprint density at radius 2 is 1.02 bits per heavy atom. The fourth-order valence-electron chi connectivity index (χ4n) is 4.64. The minimum atomic E-state index is -4.76. The average Bonchev–Trinajstić information content (AvgIpc) is 3.04. The maximum absolute atomic E-state index is 12.3. The minimum Gasteiger partial charge on any atom is -0.462 e. The van der Waals surface area contributed by atoms with Crippen LogP contribution in [0.15, 0.2) is 60.8 Å². The maximum Gasteiger partial charge on any atom is 0.469 e. The fourth-order valence-corrected chi connectivity index (χ4v) is 5.00. The summed E-state index contributed by atoms with van der Waals surface area (Å²) in [5, 5.41) is 0. The summed E-state index contributed by atoms with van der Waals surface area (Å²) in [6, 6.07) is 0. The van der Waals surface area contributed by atoms with Gasteiger partial charge in [0.05, 0.1) is 6.61 Å². The lowest BCUT2D eigenvalue weighted by Gasteiger charge is -2.18. The molecule has 0 radical (unpaired) electrons. The van der Waals surface area contributed by atoms with Crippen molar-refractivity contribution in [3.05, 3.63) is 60.8 Å². The second kappa shape index (κ2) is 33.6. The Morgan fingerprint density at radius 3 is 1.51 bits per heavy atom. The van der Waals surface area contributed by atoms with Gasteiger partial charge >= 0.3 is 19.8 Å². The van der Waals surface area contributed by atoms with Crippen LogP contribution in [-0.4, -0.2) is 41.0 Å². The van der Waals surface area contributed by atoms with Gasteiger partial charge in [0, 0.05) is 12.8 Å². The molecule has 9 heteroatoms. The molecule has 1 unspecified atom stereocenters. The van der Waals surface area contributed by atoms with Gasteiger partial charge in [-0.1, -0.05) is 145 Å². The summed E-state index contributed by atoms with van der Waals surface area (Å²) in [5.41, 5.74) is 0. The quantitative estimate of drug-likeness (QED) is 0.0312. The molecule has 0 saturated heterocycles. The van der Waals surface area contributed by atoms with Gasteiger partial charge < -0.3 is 19.3 Å². The van der Waals surface area contributed by atoms with Crippen molar-refractivity contribution in [2.24, 2.45) is 0 Å². The zero-order valence-corrected chi connectivity index (χ0v) is 30.3. The van der Waals surface area contributed by atoms with Crippen LogP contribution >= 0.6 is 7.82 Å². The van der Waals surface area contributed by atoms with E-state index < -0.39 is 32.5 Å². The Kier molecular flexibility index (Phi) is 32.0. The largest absolute Gasteiger partial charge is 0.469 e. The lowest BCUT2D eigenvalue weighted by Crippen LogP contribution is -2.29. The van der Waals surface area contributed by atoms with Gasteiger partial charge in [0.15, 0.2) is 6.10 Å². The summed E-state index contributed by atoms with van der Waals surface area (Å²) in [7, 11) is -4.76. The number of unbranched alkanes of at least 4 members (excludes halogenated alkanes) is 12. The van der Waals surface area contributed by atoms with Crippen LogP contribution in [-0.2, 0) is 28.2 Å². The Bertz CT molecular complexity index is 947. The van der Waals surface area contributed by atoms with Crippen LogP contribution in [0.1, 0.15) is 149 Å². The molecule has 0 aromatic carbocycles. The highest BCUT2D eigenvalue weighted by atomic mass is 31.2. The Labute approximate surface area is 286 Å². The number of carbonyl (C=O) groups is 2. The molecule has 0 aromatic rings. The SMILES string of the molecule is CC/C=C\C/C=C\C/C=C\C/C=C\C/C=C\CCCC(=O)OC(COC(=O)CCCCCCCCCCCCCC)COP(=O)(O)O. The first-order valence-corrected chi connectivity index (χ1v) is 19.6. The molecule has 0 aliphatic carbocycles. The Hall–Kier alpha value is -2.25. The van der Waals surface area contributed by atoms with E-state index in [-0.39, 0.29) is 19.4 Å². The molecule has 0 heterocycles. The van der Waals surface area contributed by atoms with Crippen molar-refractivity contribution in [3.63, 3.8) is 0 Å². The molecular formula is C38H65O8P. The zero-order valence-electron chi connectivity index (χ0n) is 29.4. The van der Waals surface area contributed by atoms with Crippen molar-refractivity contribution in [1.29, 1.82) is 0 Å². The first-order chi connectivity index (χ1) is 22.8. The van der Waals surface area contributed by atoms with E-state index in [4.69, 9.17) is 19.3 Å². The van der Waals surface area contributed by atoms with Crippen LogP contribution in [0.25, 0.3) is 0 Å². The van der Waals surface area contributed by atoms with Crippen LogP contribution in [0, 0.1) is 0 Å². The van der Waals surface area contributed by atoms with E-state index in [2.05, 4.69) is 67.0 Å². The summed E-state index contributed by atoms with van der Waals surface area (Å²) in [6.07, 6.45) is 40.9. The van der Waals surface area contributed by atoms with Gasteiger partial charge in [-0.3, -0.25) is 14.1 Å². The van der Waals surface area contributed by atoms with Crippen LogP contribution < -0.4 is 0 Å². The number of allylic oxidation sites excluding steroid dienone is 10. The van der Waals surface area contributed by atoms with E-state index in [0.29, 0.717) is 12.8 Å². The van der Waals surface area contributed by atoms with E-state index in [1.807, 2.05) is 12.2 Å². The maximum atomic E-state index is 12.3. The van der Waals surface area contributed by atoms with Gasteiger partial charge in [-0.25, -0.2) is 4.57 Å². The summed E-state index contributed by atoms with van der Waals surface area (Å²) in [5.74, 6) is -0.957. The number of rotatable bonds is 32. The number of hydrogen-bond acceptors (Lipinski definition) is 6. The van der Waals surface area contributed by atoms with Gasteiger partial charge in [0.25, 0.3) is 0 Å². The Balaban J connectivity index is 4.11. The number of phosphoric ester groups is 1. The highest BCUT2D eigenvalue weighted by molar-refractivity contribution is 7.46. The average molecular weight is 681 g/mol. The topological polar surface area (TPSA) is 119 Å². The van der Waals surface area contributed by atoms with Crippen molar-refractivity contribution in [2.75, 3.05) is 13.2 Å². The zero-order chi connectivity index (χ0) is 34.7. The first-order valence-electron chi connectivity index (χ1n) is 18.1. The second-order valence-corrected chi connectivity index (χ2v) is 13.1. The van der Waals surface area contributed by atoms with Crippen LogP contribution in [0.3, 0.4) is 0 Å². The number of phosphoric acid groups is 1. The van der Waals surface area contributed by atoms with Crippen molar-refractivity contribution in [2.45, 2.75) is 155 Å². The lowest BCUT2D eigenvalue weighted by molar-refractivity contribution is -0.161. The monoisotopic (exact) mass is 680 g/mol. The number of ether oxygens (including phenoxy) is 2. The van der Waals surface area contributed by atoms with E-state index in [1.54, 1.807) is 0 Å². The summed E-state index contributed by atoms with van der Waals surface area (Å²) in [4.78, 5) is 42.6. The van der Waals surface area contributed by atoms with Crippen molar-refractivity contribution in [3.8, 4) is 0 Å². The van der Waals surface area contributed by atoms with Gasteiger partial charge in [-0.05, 0) is 51.4 Å². The molecule has 0 amide bonds. The first kappa shape index (κ1) is 44.8. The van der Waals surface area contributed by atoms with Gasteiger partial charge in [-0.2, -0.15) is 0 Å². The van der Waals surface area contributed by atoms with Gasteiger partial charge in [-0.15, -0.1) is 0 Å². The van der Waals surface area contributed by atoms with E-state index >= 15 is 0 Å². The molecule has 0 fully saturated rings. The molecule has 270 valence electrons. The second-order valence-electron chi connectivity index (χ2n) is 11.8. The fraction of sp³-hybridized carbons (Fsp3) is 0.684. The van der Waals surface area contributed by atoms with Crippen LogP contribution in [0.5, 0.6) is 0 Å². The number of carbonyl (C=O) groups excluding carboxylic acids is 2. The van der Waals surface area contributed by atoms with Crippen LogP contribution in [0.2, 0.25) is 0 Å². The third-order valence-electron chi connectivity index (χ3n) is 7.30. The number of hydrogen-bond donors (Lipinski definition) is 2. The highest BCUT2D eigenvalue weighted by Crippen LogP contribution is 2.35. The van der Waals surface area contributed by atoms with E-state index in [9.17, 15) is 14.2 Å². The third-order valence-corrected chi connectivity index (χ3v) is 7.79.